The summed E-state index contributed by atoms with van der Waals surface area (Å²) in [6, 6.07) is 0. The molecule has 3 nitrogen and oxygen atoms in total. The van der Waals surface area contributed by atoms with E-state index in [-0.39, 0.29) is 0 Å². The van der Waals surface area contributed by atoms with Gasteiger partial charge in [-0.2, -0.15) is 0 Å². The molecule has 102 valence electrons. The highest BCUT2D eigenvalue weighted by Crippen LogP contribution is 2.27. The highest BCUT2D eigenvalue weighted by molar-refractivity contribution is 7.11. The van der Waals surface area contributed by atoms with Crippen molar-refractivity contribution in [1.82, 2.24) is 15.5 Å². The zero-order valence-electron chi connectivity index (χ0n) is 11.5. The maximum atomic E-state index is 4.31. The summed E-state index contributed by atoms with van der Waals surface area (Å²) < 4.78 is 0. The SMILES string of the molecule is CCCNCc1nnc(CCC2CCCCC2)s1. The van der Waals surface area contributed by atoms with Gasteiger partial charge in [-0.1, -0.05) is 39.0 Å². The molecule has 0 atom stereocenters. The lowest BCUT2D eigenvalue weighted by atomic mass is 9.86. The van der Waals surface area contributed by atoms with Crippen LogP contribution in [0.15, 0.2) is 0 Å². The van der Waals surface area contributed by atoms with Gasteiger partial charge in [0.1, 0.15) is 10.0 Å². The van der Waals surface area contributed by atoms with Crippen molar-refractivity contribution in [2.45, 2.75) is 64.8 Å². The third-order valence-electron chi connectivity index (χ3n) is 3.70. The molecule has 1 heterocycles. The molecule has 1 aliphatic carbocycles. The normalized spacial score (nSPS) is 17.2. The van der Waals surface area contributed by atoms with Crippen molar-refractivity contribution in [3.05, 3.63) is 10.0 Å². The Morgan fingerprint density at radius 1 is 1.17 bits per heavy atom. The van der Waals surface area contributed by atoms with Crippen molar-refractivity contribution in [2.24, 2.45) is 5.92 Å². The summed E-state index contributed by atoms with van der Waals surface area (Å²) in [6.07, 6.45) is 10.8. The fraction of sp³-hybridized carbons (Fsp3) is 0.857. The van der Waals surface area contributed by atoms with Gasteiger partial charge in [0, 0.05) is 13.0 Å². The third kappa shape index (κ3) is 4.65. The van der Waals surface area contributed by atoms with Crippen molar-refractivity contribution in [1.29, 1.82) is 0 Å². The minimum Gasteiger partial charge on any atom is -0.310 e. The largest absolute Gasteiger partial charge is 0.310 e. The van der Waals surface area contributed by atoms with E-state index in [9.17, 15) is 0 Å². The zero-order chi connectivity index (χ0) is 12.6. The van der Waals surface area contributed by atoms with Gasteiger partial charge in [0.2, 0.25) is 0 Å². The van der Waals surface area contributed by atoms with Crippen molar-refractivity contribution >= 4 is 11.3 Å². The third-order valence-corrected chi connectivity index (χ3v) is 4.69. The predicted octanol–water partition coefficient (Wildman–Crippen LogP) is 3.55. The van der Waals surface area contributed by atoms with Gasteiger partial charge in [-0.15, -0.1) is 21.5 Å². The molecule has 0 saturated heterocycles. The molecule has 4 heteroatoms. The van der Waals surface area contributed by atoms with E-state index in [1.54, 1.807) is 11.3 Å². The second-order valence-electron chi connectivity index (χ2n) is 5.31. The molecule has 1 aliphatic rings. The van der Waals surface area contributed by atoms with Gasteiger partial charge in [0.25, 0.3) is 0 Å². The van der Waals surface area contributed by atoms with Crippen LogP contribution in [0, 0.1) is 5.92 Å². The molecule has 0 aliphatic heterocycles. The fourth-order valence-electron chi connectivity index (χ4n) is 2.64. The quantitative estimate of drug-likeness (QED) is 0.768. The second kappa shape index (κ2) is 7.85. The molecule has 1 N–H and O–H groups in total. The summed E-state index contributed by atoms with van der Waals surface area (Å²) in [5.41, 5.74) is 0. The first-order chi connectivity index (χ1) is 8.88. The van der Waals surface area contributed by atoms with E-state index in [2.05, 4.69) is 22.4 Å². The molecule has 0 amide bonds. The summed E-state index contributed by atoms with van der Waals surface area (Å²) in [4.78, 5) is 0. The van der Waals surface area contributed by atoms with Crippen molar-refractivity contribution < 1.29 is 0 Å². The lowest BCUT2D eigenvalue weighted by Gasteiger charge is -2.20. The molecule has 0 spiro atoms. The first kappa shape index (κ1) is 13.9. The van der Waals surface area contributed by atoms with Crippen molar-refractivity contribution in [2.75, 3.05) is 6.54 Å². The van der Waals surface area contributed by atoms with Gasteiger partial charge in [-0.05, 0) is 25.3 Å². The predicted molar refractivity (Wildman–Crippen MR) is 76.8 cm³/mol. The number of aryl methyl sites for hydroxylation is 1. The summed E-state index contributed by atoms with van der Waals surface area (Å²) in [7, 11) is 0. The van der Waals surface area contributed by atoms with Crippen LogP contribution in [0.1, 0.15) is 61.9 Å². The number of hydrogen-bond donors (Lipinski definition) is 1. The van der Waals surface area contributed by atoms with Gasteiger partial charge in [-0.3, -0.25) is 0 Å². The molecule has 0 radical (unpaired) electrons. The van der Waals surface area contributed by atoms with Gasteiger partial charge in [0.05, 0.1) is 0 Å². The first-order valence-corrected chi connectivity index (χ1v) is 8.22. The van der Waals surface area contributed by atoms with Crippen LogP contribution in [-0.2, 0) is 13.0 Å². The number of rotatable bonds is 7. The zero-order valence-corrected chi connectivity index (χ0v) is 12.3. The fourth-order valence-corrected chi connectivity index (χ4v) is 3.47. The molecule has 2 rings (SSSR count). The van der Waals surface area contributed by atoms with Crippen LogP contribution >= 0.6 is 11.3 Å². The Morgan fingerprint density at radius 3 is 2.72 bits per heavy atom. The van der Waals surface area contributed by atoms with Crippen LogP contribution in [0.2, 0.25) is 0 Å². The molecule has 1 fully saturated rings. The van der Waals surface area contributed by atoms with E-state index in [0.29, 0.717) is 0 Å². The summed E-state index contributed by atoms with van der Waals surface area (Å²) in [6.45, 7) is 4.13. The van der Waals surface area contributed by atoms with Gasteiger partial charge in [-0.25, -0.2) is 0 Å². The van der Waals surface area contributed by atoms with Crippen LogP contribution in [0.5, 0.6) is 0 Å². The monoisotopic (exact) mass is 267 g/mol. The highest BCUT2D eigenvalue weighted by atomic mass is 32.1. The second-order valence-corrected chi connectivity index (χ2v) is 6.46. The summed E-state index contributed by atoms with van der Waals surface area (Å²) >= 11 is 1.79. The van der Waals surface area contributed by atoms with Crippen LogP contribution in [0.25, 0.3) is 0 Å². The van der Waals surface area contributed by atoms with Crippen LogP contribution in [0.4, 0.5) is 0 Å². The molecular weight excluding hydrogens is 242 g/mol. The topological polar surface area (TPSA) is 37.8 Å². The minimum atomic E-state index is 0.884. The number of nitrogens with zero attached hydrogens (tertiary/aromatic N) is 2. The Kier molecular flexibility index (Phi) is 6.08. The Labute approximate surface area is 114 Å². The van der Waals surface area contributed by atoms with Crippen molar-refractivity contribution in [3.63, 3.8) is 0 Å². The van der Waals surface area contributed by atoms with E-state index in [4.69, 9.17) is 0 Å². The lowest BCUT2D eigenvalue weighted by Crippen LogP contribution is -2.13. The van der Waals surface area contributed by atoms with E-state index in [1.165, 1.54) is 50.0 Å². The van der Waals surface area contributed by atoms with Crippen LogP contribution in [0.3, 0.4) is 0 Å². The van der Waals surface area contributed by atoms with Gasteiger partial charge in [0.15, 0.2) is 0 Å². The average molecular weight is 267 g/mol. The minimum absolute atomic E-state index is 0.884. The molecule has 1 saturated carbocycles. The lowest BCUT2D eigenvalue weighted by molar-refractivity contribution is 0.339. The average Bonchev–Trinajstić information content (AvgIpc) is 2.86. The molecule has 0 aromatic carbocycles. The molecule has 0 bridgehead atoms. The highest BCUT2D eigenvalue weighted by Gasteiger charge is 2.14. The van der Waals surface area contributed by atoms with E-state index in [1.807, 2.05) is 0 Å². The molecule has 0 unspecified atom stereocenters. The van der Waals surface area contributed by atoms with Crippen molar-refractivity contribution in [3.8, 4) is 0 Å². The summed E-state index contributed by atoms with van der Waals surface area (Å²) in [5, 5.41) is 14.3. The molecule has 18 heavy (non-hydrogen) atoms. The smallest absolute Gasteiger partial charge is 0.131 e. The van der Waals surface area contributed by atoms with Gasteiger partial charge < -0.3 is 5.32 Å². The Hall–Kier alpha value is -0.480. The first-order valence-electron chi connectivity index (χ1n) is 7.40. The van der Waals surface area contributed by atoms with Crippen LogP contribution in [-0.4, -0.2) is 16.7 Å². The Balaban J connectivity index is 1.69. The Bertz CT molecular complexity index is 332. The number of hydrogen-bond acceptors (Lipinski definition) is 4. The number of nitrogens with one attached hydrogen (secondary N) is 1. The maximum Gasteiger partial charge on any atom is 0.131 e. The Morgan fingerprint density at radius 2 is 1.94 bits per heavy atom. The molecule has 1 aromatic heterocycles. The number of aromatic nitrogens is 2. The van der Waals surface area contributed by atoms with E-state index in [0.717, 1.165) is 30.4 Å². The molecular formula is C14H25N3S. The van der Waals surface area contributed by atoms with Crippen LogP contribution < -0.4 is 5.32 Å². The van der Waals surface area contributed by atoms with E-state index >= 15 is 0 Å². The maximum absolute atomic E-state index is 4.31. The summed E-state index contributed by atoms with van der Waals surface area (Å²) in [5.74, 6) is 0.948. The molecule has 1 aromatic rings. The van der Waals surface area contributed by atoms with E-state index < -0.39 is 0 Å². The standard InChI is InChI=1S/C14H25N3S/c1-2-10-15-11-14-17-16-13(18-14)9-8-12-6-4-3-5-7-12/h12,15H,2-11H2,1H3. The van der Waals surface area contributed by atoms with Gasteiger partial charge >= 0.3 is 0 Å².